The van der Waals surface area contributed by atoms with Crippen LogP contribution < -0.4 is 4.90 Å². The zero-order valence-electron chi connectivity index (χ0n) is 29.9. The van der Waals surface area contributed by atoms with Crippen LogP contribution in [0.15, 0.2) is 206 Å². The van der Waals surface area contributed by atoms with Gasteiger partial charge in [-0.1, -0.05) is 158 Å². The maximum atomic E-state index is 5.14. The molecule has 0 spiro atoms. The van der Waals surface area contributed by atoms with Crippen molar-refractivity contribution in [2.24, 2.45) is 0 Å². The van der Waals surface area contributed by atoms with Crippen LogP contribution >= 0.6 is 0 Å². The van der Waals surface area contributed by atoms with E-state index in [9.17, 15) is 0 Å². The predicted octanol–water partition coefficient (Wildman–Crippen LogP) is 13.5. The SMILES string of the molecule is c1ccc(-c2nc(-c3ccccc3)nc(-c3cc4c5ccccc5c(-c5ccc(N(c6ccccc6)c6ccccc6)cc5)cc4c4ccccc34)n2)cc1. The Labute approximate surface area is 319 Å². The highest BCUT2D eigenvalue weighted by molar-refractivity contribution is 6.23. The van der Waals surface area contributed by atoms with Gasteiger partial charge >= 0.3 is 0 Å². The molecule has 258 valence electrons. The molecule has 0 aliphatic heterocycles. The minimum Gasteiger partial charge on any atom is -0.311 e. The van der Waals surface area contributed by atoms with Gasteiger partial charge in [0.15, 0.2) is 17.5 Å². The summed E-state index contributed by atoms with van der Waals surface area (Å²) in [6.45, 7) is 0. The smallest absolute Gasteiger partial charge is 0.164 e. The normalized spacial score (nSPS) is 11.3. The Kier molecular flexibility index (Phi) is 8.12. The number of hydrogen-bond acceptors (Lipinski definition) is 4. The molecule has 0 saturated carbocycles. The van der Waals surface area contributed by atoms with Crippen molar-refractivity contribution in [2.45, 2.75) is 0 Å². The van der Waals surface area contributed by atoms with Crippen molar-refractivity contribution >= 4 is 49.4 Å². The van der Waals surface area contributed by atoms with Crippen molar-refractivity contribution in [2.75, 3.05) is 4.90 Å². The fraction of sp³-hybridized carbons (Fsp3) is 0. The molecule has 0 fully saturated rings. The third-order valence-electron chi connectivity index (χ3n) is 10.3. The second-order valence-electron chi connectivity index (χ2n) is 13.6. The Balaban J connectivity index is 1.16. The maximum absolute atomic E-state index is 5.14. The highest BCUT2D eigenvalue weighted by Crippen LogP contribution is 2.42. The van der Waals surface area contributed by atoms with Crippen molar-refractivity contribution in [3.63, 3.8) is 0 Å². The molecule has 0 bridgehead atoms. The van der Waals surface area contributed by atoms with Crippen LogP contribution in [0.5, 0.6) is 0 Å². The van der Waals surface area contributed by atoms with Gasteiger partial charge in [0.05, 0.1) is 0 Å². The van der Waals surface area contributed by atoms with Gasteiger partial charge in [-0.15, -0.1) is 0 Å². The molecule has 9 aromatic carbocycles. The van der Waals surface area contributed by atoms with E-state index in [0.717, 1.165) is 55.5 Å². The van der Waals surface area contributed by atoms with E-state index in [4.69, 9.17) is 15.0 Å². The van der Waals surface area contributed by atoms with E-state index in [-0.39, 0.29) is 0 Å². The van der Waals surface area contributed by atoms with Crippen molar-refractivity contribution < 1.29 is 0 Å². The van der Waals surface area contributed by atoms with Crippen LogP contribution in [0.3, 0.4) is 0 Å². The van der Waals surface area contributed by atoms with Gasteiger partial charge in [-0.2, -0.15) is 0 Å². The molecule has 10 aromatic rings. The average Bonchev–Trinajstić information content (AvgIpc) is 3.27. The van der Waals surface area contributed by atoms with Crippen LogP contribution in [-0.4, -0.2) is 15.0 Å². The summed E-state index contributed by atoms with van der Waals surface area (Å²) < 4.78 is 0. The number of nitrogens with zero attached hydrogens (tertiary/aromatic N) is 4. The van der Waals surface area contributed by atoms with Crippen molar-refractivity contribution in [1.82, 2.24) is 15.0 Å². The average molecular weight is 703 g/mol. The molecule has 0 radical (unpaired) electrons. The van der Waals surface area contributed by atoms with Gasteiger partial charge in [0.1, 0.15) is 0 Å². The third-order valence-corrected chi connectivity index (χ3v) is 10.3. The second kappa shape index (κ2) is 13.8. The van der Waals surface area contributed by atoms with Crippen LogP contribution in [0.2, 0.25) is 0 Å². The Morgan fingerprint density at radius 1 is 0.255 bits per heavy atom. The first-order valence-corrected chi connectivity index (χ1v) is 18.5. The van der Waals surface area contributed by atoms with Gasteiger partial charge < -0.3 is 4.90 Å². The second-order valence-corrected chi connectivity index (χ2v) is 13.6. The van der Waals surface area contributed by atoms with Gasteiger partial charge in [0.2, 0.25) is 0 Å². The molecular formula is C51H34N4. The highest BCUT2D eigenvalue weighted by Gasteiger charge is 2.19. The summed E-state index contributed by atoms with van der Waals surface area (Å²) in [7, 11) is 0. The summed E-state index contributed by atoms with van der Waals surface area (Å²) >= 11 is 0. The zero-order valence-corrected chi connectivity index (χ0v) is 29.9. The van der Waals surface area contributed by atoms with E-state index in [1.165, 1.54) is 21.7 Å². The van der Waals surface area contributed by atoms with Crippen molar-refractivity contribution in [1.29, 1.82) is 0 Å². The highest BCUT2D eigenvalue weighted by atomic mass is 15.1. The molecule has 0 atom stereocenters. The lowest BCUT2D eigenvalue weighted by Gasteiger charge is -2.25. The molecule has 10 rings (SSSR count). The van der Waals surface area contributed by atoms with Gasteiger partial charge in [0, 0.05) is 33.8 Å². The van der Waals surface area contributed by atoms with Crippen LogP contribution in [0.1, 0.15) is 0 Å². The maximum Gasteiger partial charge on any atom is 0.164 e. The number of aromatic nitrogens is 3. The molecule has 0 saturated heterocycles. The minimum atomic E-state index is 0.648. The van der Waals surface area contributed by atoms with Crippen LogP contribution in [0, 0.1) is 0 Å². The Morgan fingerprint density at radius 3 is 1.11 bits per heavy atom. The Bertz CT molecular complexity index is 2850. The van der Waals surface area contributed by atoms with E-state index in [2.05, 4.69) is 175 Å². The number of anilines is 3. The molecule has 4 heteroatoms. The van der Waals surface area contributed by atoms with Gasteiger partial charge in [-0.05, 0) is 92.0 Å². The quantitative estimate of drug-likeness (QED) is 0.155. The lowest BCUT2D eigenvalue weighted by molar-refractivity contribution is 1.08. The summed E-state index contributed by atoms with van der Waals surface area (Å²) in [4.78, 5) is 17.5. The van der Waals surface area contributed by atoms with Crippen molar-refractivity contribution in [3.05, 3.63) is 206 Å². The molecule has 0 aliphatic rings. The van der Waals surface area contributed by atoms with E-state index in [0.29, 0.717) is 17.5 Å². The van der Waals surface area contributed by atoms with Crippen LogP contribution in [0.4, 0.5) is 17.1 Å². The molecule has 1 aromatic heterocycles. The van der Waals surface area contributed by atoms with Gasteiger partial charge in [-0.25, -0.2) is 15.0 Å². The van der Waals surface area contributed by atoms with E-state index in [1.54, 1.807) is 0 Å². The molecule has 0 aliphatic carbocycles. The molecule has 1 heterocycles. The zero-order chi connectivity index (χ0) is 36.6. The largest absolute Gasteiger partial charge is 0.311 e. The fourth-order valence-corrected chi connectivity index (χ4v) is 7.70. The van der Waals surface area contributed by atoms with Gasteiger partial charge in [0.25, 0.3) is 0 Å². The standard InChI is InChI=1S/C51H34N4/c1-5-17-36(18-6-1)49-52-50(37-19-7-2-8-20-37)54-51(53-49)48-34-47-42-26-14-13-25-41(42)45(33-46(47)43-27-15-16-28-44(43)48)35-29-31-40(32-30-35)55(38-21-9-3-10-22-38)39-23-11-4-12-24-39/h1-34H. The molecular weight excluding hydrogens is 669 g/mol. The molecule has 55 heavy (non-hydrogen) atoms. The summed E-state index contributed by atoms with van der Waals surface area (Å²) in [6, 6.07) is 72.3. The molecule has 0 N–H and O–H groups in total. The van der Waals surface area contributed by atoms with Crippen molar-refractivity contribution in [3.8, 4) is 45.3 Å². The summed E-state index contributed by atoms with van der Waals surface area (Å²) in [5.41, 5.74) is 8.56. The van der Waals surface area contributed by atoms with E-state index in [1.807, 2.05) is 36.4 Å². The molecule has 4 nitrogen and oxygen atoms in total. The summed E-state index contributed by atoms with van der Waals surface area (Å²) in [6.07, 6.45) is 0. The Hall–Kier alpha value is -7.43. The summed E-state index contributed by atoms with van der Waals surface area (Å²) in [5, 5.41) is 6.97. The van der Waals surface area contributed by atoms with Gasteiger partial charge in [-0.3, -0.25) is 0 Å². The Morgan fingerprint density at radius 2 is 0.618 bits per heavy atom. The first-order chi connectivity index (χ1) is 27.3. The molecule has 0 amide bonds. The minimum absolute atomic E-state index is 0.648. The number of hydrogen-bond donors (Lipinski definition) is 0. The number of fused-ring (bicyclic) bond motifs is 5. The summed E-state index contributed by atoms with van der Waals surface area (Å²) in [5.74, 6) is 1.95. The van der Waals surface area contributed by atoms with Crippen LogP contribution in [-0.2, 0) is 0 Å². The van der Waals surface area contributed by atoms with Crippen LogP contribution in [0.25, 0.3) is 77.6 Å². The van der Waals surface area contributed by atoms with E-state index >= 15 is 0 Å². The predicted molar refractivity (Wildman–Crippen MR) is 229 cm³/mol. The monoisotopic (exact) mass is 702 g/mol. The first-order valence-electron chi connectivity index (χ1n) is 18.5. The van der Waals surface area contributed by atoms with E-state index < -0.39 is 0 Å². The number of para-hydroxylation sites is 2. The fourth-order valence-electron chi connectivity index (χ4n) is 7.70. The third kappa shape index (κ3) is 5.96. The number of rotatable bonds is 7. The topological polar surface area (TPSA) is 41.9 Å². The first kappa shape index (κ1) is 32.2. The lowest BCUT2D eigenvalue weighted by atomic mass is 9.89. The molecule has 0 unspecified atom stereocenters. The lowest BCUT2D eigenvalue weighted by Crippen LogP contribution is -2.09. The number of benzene rings is 9.